The molecule has 1 aliphatic rings. The zero-order chi connectivity index (χ0) is 8.48. The smallest absolute Gasteiger partial charge is 0.0776 e. The molecule has 0 heterocycles. The van der Waals surface area contributed by atoms with Gasteiger partial charge in [-0.3, -0.25) is 0 Å². The van der Waals surface area contributed by atoms with Crippen LogP contribution in [0.15, 0.2) is 0 Å². The van der Waals surface area contributed by atoms with Crippen LogP contribution in [0.4, 0.5) is 0 Å². The fraction of sp³-hybridized carbons (Fsp3) is 1.00. The van der Waals surface area contributed by atoms with Gasteiger partial charge < -0.3 is 10.2 Å². The van der Waals surface area contributed by atoms with E-state index in [0.717, 1.165) is 6.42 Å². The first-order valence-corrected chi connectivity index (χ1v) is 4.39. The number of hydrogen-bond acceptors (Lipinski definition) is 2. The van der Waals surface area contributed by atoms with Gasteiger partial charge in [-0.1, -0.05) is 13.8 Å². The third-order valence-corrected chi connectivity index (χ3v) is 2.97. The molecule has 0 radical (unpaired) electrons. The van der Waals surface area contributed by atoms with E-state index in [2.05, 4.69) is 13.8 Å². The summed E-state index contributed by atoms with van der Waals surface area (Å²) in [6.07, 6.45) is 2.73. The lowest BCUT2D eigenvalue weighted by atomic mass is 9.87. The monoisotopic (exact) mass is 158 g/mol. The molecule has 0 aromatic rings. The van der Waals surface area contributed by atoms with Gasteiger partial charge in [0.2, 0.25) is 0 Å². The van der Waals surface area contributed by atoms with E-state index in [0.29, 0.717) is 11.3 Å². The van der Waals surface area contributed by atoms with E-state index >= 15 is 0 Å². The summed E-state index contributed by atoms with van der Waals surface area (Å²) in [4.78, 5) is 0. The van der Waals surface area contributed by atoms with Gasteiger partial charge in [-0.15, -0.1) is 0 Å². The molecule has 0 bridgehead atoms. The van der Waals surface area contributed by atoms with Gasteiger partial charge in [0, 0.05) is 0 Å². The Labute approximate surface area is 68.2 Å². The van der Waals surface area contributed by atoms with Crippen LogP contribution >= 0.6 is 0 Å². The summed E-state index contributed by atoms with van der Waals surface area (Å²) >= 11 is 0. The number of aliphatic hydroxyl groups is 2. The van der Waals surface area contributed by atoms with Crippen LogP contribution in [0.1, 0.15) is 33.1 Å². The van der Waals surface area contributed by atoms with Crippen molar-refractivity contribution in [2.24, 2.45) is 11.3 Å². The van der Waals surface area contributed by atoms with Crippen LogP contribution in [-0.2, 0) is 0 Å². The molecule has 0 saturated heterocycles. The second-order valence-electron chi connectivity index (χ2n) is 4.06. The maximum Gasteiger partial charge on any atom is 0.0776 e. The fourth-order valence-corrected chi connectivity index (χ4v) is 1.71. The van der Waals surface area contributed by atoms with Crippen LogP contribution in [0.5, 0.6) is 0 Å². The minimum atomic E-state index is -0.500. The Balaban J connectivity index is 2.35. The maximum absolute atomic E-state index is 9.23. The molecule has 1 fully saturated rings. The predicted octanol–water partition coefficient (Wildman–Crippen LogP) is 1.17. The second kappa shape index (κ2) is 3.11. The van der Waals surface area contributed by atoms with Gasteiger partial charge in [0.05, 0.1) is 12.7 Å². The summed E-state index contributed by atoms with van der Waals surface area (Å²) in [5, 5.41) is 17.9. The molecule has 1 saturated carbocycles. The molecule has 0 spiro atoms. The Morgan fingerprint density at radius 2 is 1.91 bits per heavy atom. The summed E-state index contributed by atoms with van der Waals surface area (Å²) < 4.78 is 0. The minimum Gasteiger partial charge on any atom is -0.394 e. The van der Waals surface area contributed by atoms with E-state index in [1.807, 2.05) is 0 Å². The molecular formula is C9H18O2. The number of rotatable bonds is 4. The third kappa shape index (κ3) is 1.94. The highest BCUT2D eigenvalue weighted by molar-refractivity contribution is 4.96. The van der Waals surface area contributed by atoms with Crippen LogP contribution in [0, 0.1) is 11.3 Å². The van der Waals surface area contributed by atoms with Crippen molar-refractivity contribution >= 4 is 0 Å². The van der Waals surface area contributed by atoms with E-state index in [1.165, 1.54) is 12.8 Å². The molecule has 0 unspecified atom stereocenters. The van der Waals surface area contributed by atoms with Crippen molar-refractivity contribution in [1.82, 2.24) is 0 Å². The van der Waals surface area contributed by atoms with Gasteiger partial charge in [0.25, 0.3) is 0 Å². The van der Waals surface area contributed by atoms with Crippen LogP contribution in [0.2, 0.25) is 0 Å². The number of hydrogen-bond donors (Lipinski definition) is 2. The van der Waals surface area contributed by atoms with Crippen molar-refractivity contribution in [3.63, 3.8) is 0 Å². The van der Waals surface area contributed by atoms with E-state index in [4.69, 9.17) is 5.11 Å². The van der Waals surface area contributed by atoms with Crippen LogP contribution < -0.4 is 0 Å². The van der Waals surface area contributed by atoms with Gasteiger partial charge in [-0.25, -0.2) is 0 Å². The maximum atomic E-state index is 9.23. The lowest BCUT2D eigenvalue weighted by Gasteiger charge is -2.21. The molecule has 1 rings (SSSR count). The molecule has 0 aromatic carbocycles. The third-order valence-electron chi connectivity index (χ3n) is 2.97. The Bertz CT molecular complexity index is 128. The van der Waals surface area contributed by atoms with E-state index in [9.17, 15) is 5.11 Å². The molecule has 1 aliphatic carbocycles. The van der Waals surface area contributed by atoms with Crippen molar-refractivity contribution < 1.29 is 10.2 Å². The lowest BCUT2D eigenvalue weighted by molar-refractivity contribution is 0.0613. The molecule has 11 heavy (non-hydrogen) atoms. The normalized spacial score (nSPS) is 23.7. The molecule has 2 nitrogen and oxygen atoms in total. The molecule has 66 valence electrons. The Kier molecular flexibility index (Phi) is 2.55. The molecule has 2 heteroatoms. The average Bonchev–Trinajstić information content (AvgIpc) is 2.69. The second-order valence-corrected chi connectivity index (χ2v) is 4.06. The van der Waals surface area contributed by atoms with Gasteiger partial charge in [0.15, 0.2) is 0 Å². The van der Waals surface area contributed by atoms with Crippen molar-refractivity contribution in [2.45, 2.75) is 39.2 Å². The summed E-state index contributed by atoms with van der Waals surface area (Å²) in [7, 11) is 0. The van der Waals surface area contributed by atoms with E-state index in [1.54, 1.807) is 0 Å². The first kappa shape index (κ1) is 9.01. The first-order valence-electron chi connectivity index (χ1n) is 4.39. The zero-order valence-electron chi connectivity index (χ0n) is 7.38. The summed E-state index contributed by atoms with van der Waals surface area (Å²) in [6.45, 7) is 4.29. The van der Waals surface area contributed by atoms with Gasteiger partial charge >= 0.3 is 0 Å². The highest BCUT2D eigenvalue weighted by Crippen LogP contribution is 2.55. The minimum absolute atomic E-state index is 0.0888. The molecule has 0 amide bonds. The topological polar surface area (TPSA) is 40.5 Å². The largest absolute Gasteiger partial charge is 0.394 e. The van der Waals surface area contributed by atoms with E-state index < -0.39 is 6.10 Å². The molecule has 2 N–H and O–H groups in total. The van der Waals surface area contributed by atoms with Crippen molar-refractivity contribution in [3.8, 4) is 0 Å². The summed E-state index contributed by atoms with van der Waals surface area (Å²) in [5.74, 6) is 0.642. The van der Waals surface area contributed by atoms with Gasteiger partial charge in [-0.2, -0.15) is 0 Å². The summed E-state index contributed by atoms with van der Waals surface area (Å²) in [6, 6.07) is 0. The SMILES string of the molecule is CC(C)C1(C[C@@H](O)CO)CC1. The highest BCUT2D eigenvalue weighted by Gasteiger charge is 2.46. The van der Waals surface area contributed by atoms with Crippen molar-refractivity contribution in [1.29, 1.82) is 0 Å². The zero-order valence-corrected chi connectivity index (χ0v) is 7.38. The van der Waals surface area contributed by atoms with Crippen molar-refractivity contribution in [2.75, 3.05) is 6.61 Å². The molecule has 0 aliphatic heterocycles. The van der Waals surface area contributed by atoms with Crippen LogP contribution in [0.3, 0.4) is 0 Å². The summed E-state index contributed by atoms with van der Waals surface area (Å²) in [5.41, 5.74) is 0.363. The quantitative estimate of drug-likeness (QED) is 0.644. The van der Waals surface area contributed by atoms with Gasteiger partial charge in [0.1, 0.15) is 0 Å². The molecular weight excluding hydrogens is 140 g/mol. The predicted molar refractivity (Wildman–Crippen MR) is 44.2 cm³/mol. The van der Waals surface area contributed by atoms with Crippen LogP contribution in [-0.4, -0.2) is 22.9 Å². The Morgan fingerprint density at radius 1 is 1.36 bits per heavy atom. The Morgan fingerprint density at radius 3 is 2.18 bits per heavy atom. The number of aliphatic hydroxyl groups excluding tert-OH is 2. The van der Waals surface area contributed by atoms with E-state index in [-0.39, 0.29) is 6.61 Å². The van der Waals surface area contributed by atoms with Crippen LogP contribution in [0.25, 0.3) is 0 Å². The first-order chi connectivity index (χ1) is 5.10. The fourth-order valence-electron chi connectivity index (χ4n) is 1.71. The van der Waals surface area contributed by atoms with Crippen molar-refractivity contribution in [3.05, 3.63) is 0 Å². The average molecular weight is 158 g/mol. The van der Waals surface area contributed by atoms with Gasteiger partial charge in [-0.05, 0) is 30.6 Å². The molecule has 1 atom stereocenters. The standard InChI is InChI=1S/C9H18O2/c1-7(2)9(3-4-9)5-8(11)6-10/h7-8,10-11H,3-6H2,1-2H3/t8-/m1/s1. The highest BCUT2D eigenvalue weighted by atomic mass is 16.3. The lowest BCUT2D eigenvalue weighted by Crippen LogP contribution is -2.21. The Hall–Kier alpha value is -0.0800. The molecule has 0 aromatic heterocycles.